The molecule has 16 heavy (non-hydrogen) atoms. The van der Waals surface area contributed by atoms with Gasteiger partial charge in [-0.3, -0.25) is 4.79 Å². The van der Waals surface area contributed by atoms with E-state index in [4.69, 9.17) is 5.11 Å². The van der Waals surface area contributed by atoms with Gasteiger partial charge in [-0.25, -0.2) is 0 Å². The van der Waals surface area contributed by atoms with Gasteiger partial charge in [0.15, 0.2) is 0 Å². The summed E-state index contributed by atoms with van der Waals surface area (Å²) in [5, 5.41) is 8.53. The van der Waals surface area contributed by atoms with Gasteiger partial charge in [0.05, 0.1) is 0 Å². The summed E-state index contributed by atoms with van der Waals surface area (Å²) >= 11 is 0. The van der Waals surface area contributed by atoms with E-state index < -0.39 is 5.97 Å². The number of aliphatic carboxylic acids is 1. The Balaban J connectivity index is 2.08. The lowest BCUT2D eigenvalue weighted by Crippen LogP contribution is -2.39. The van der Waals surface area contributed by atoms with Crippen LogP contribution in [0.15, 0.2) is 0 Å². The van der Waals surface area contributed by atoms with E-state index in [9.17, 15) is 4.79 Å². The van der Waals surface area contributed by atoms with Crippen molar-refractivity contribution in [3.63, 3.8) is 0 Å². The molecule has 0 amide bonds. The topological polar surface area (TPSA) is 40.5 Å². The van der Waals surface area contributed by atoms with Crippen molar-refractivity contribution >= 4 is 5.97 Å². The third-order valence-corrected chi connectivity index (χ3v) is 3.56. The van der Waals surface area contributed by atoms with Crippen molar-refractivity contribution in [3.05, 3.63) is 0 Å². The lowest BCUT2D eigenvalue weighted by atomic mass is 9.99. The second-order valence-electron chi connectivity index (χ2n) is 4.80. The first-order chi connectivity index (χ1) is 7.74. The second kappa shape index (κ2) is 7.66. The average molecular weight is 227 g/mol. The summed E-state index contributed by atoms with van der Waals surface area (Å²) in [7, 11) is 0. The summed E-state index contributed by atoms with van der Waals surface area (Å²) in [5.41, 5.74) is 0. The number of rotatable bonds is 7. The Kier molecular flexibility index (Phi) is 6.46. The van der Waals surface area contributed by atoms with Crippen molar-refractivity contribution in [1.82, 2.24) is 4.90 Å². The zero-order valence-electron chi connectivity index (χ0n) is 10.5. The van der Waals surface area contributed by atoms with Gasteiger partial charge in [-0.05, 0) is 45.2 Å². The molecule has 0 spiro atoms. The van der Waals surface area contributed by atoms with Crippen LogP contribution in [0.5, 0.6) is 0 Å². The predicted molar refractivity (Wildman–Crippen MR) is 65.6 cm³/mol. The van der Waals surface area contributed by atoms with Crippen LogP contribution in [0.3, 0.4) is 0 Å². The Morgan fingerprint density at radius 2 is 2.12 bits per heavy atom. The van der Waals surface area contributed by atoms with Crippen LogP contribution in [0.25, 0.3) is 0 Å². The highest BCUT2D eigenvalue weighted by molar-refractivity contribution is 5.66. The molecule has 1 N–H and O–H groups in total. The van der Waals surface area contributed by atoms with Crippen LogP contribution in [0.4, 0.5) is 0 Å². The highest BCUT2D eigenvalue weighted by Crippen LogP contribution is 2.19. The van der Waals surface area contributed by atoms with Crippen molar-refractivity contribution in [3.8, 4) is 0 Å². The zero-order valence-corrected chi connectivity index (χ0v) is 10.5. The third kappa shape index (κ3) is 4.97. The second-order valence-corrected chi connectivity index (χ2v) is 4.80. The number of carbonyl (C=O) groups is 1. The molecule has 0 saturated carbocycles. The van der Waals surface area contributed by atoms with Crippen LogP contribution in [-0.4, -0.2) is 35.1 Å². The minimum atomic E-state index is -0.663. The molecular weight excluding hydrogens is 202 g/mol. The maximum atomic E-state index is 10.4. The van der Waals surface area contributed by atoms with Crippen LogP contribution in [0.2, 0.25) is 0 Å². The van der Waals surface area contributed by atoms with E-state index in [1.165, 1.54) is 32.2 Å². The summed E-state index contributed by atoms with van der Waals surface area (Å²) in [6.45, 7) is 4.68. The normalized spacial score (nSPS) is 22.2. The molecule has 0 aliphatic carbocycles. The number of piperidine rings is 1. The van der Waals surface area contributed by atoms with Gasteiger partial charge in [0.2, 0.25) is 0 Å². The van der Waals surface area contributed by atoms with Crippen molar-refractivity contribution in [1.29, 1.82) is 0 Å². The average Bonchev–Trinajstić information content (AvgIpc) is 2.29. The zero-order chi connectivity index (χ0) is 11.8. The standard InChI is InChI=1S/C13H25NO2/c1-2-12-8-5-7-11-14(12)10-6-3-4-9-13(15)16/h12H,2-11H2,1H3,(H,15,16). The van der Waals surface area contributed by atoms with E-state index in [0.29, 0.717) is 6.42 Å². The minimum Gasteiger partial charge on any atom is -0.481 e. The first kappa shape index (κ1) is 13.5. The third-order valence-electron chi connectivity index (χ3n) is 3.56. The van der Waals surface area contributed by atoms with Crippen molar-refractivity contribution in [2.75, 3.05) is 13.1 Å². The van der Waals surface area contributed by atoms with Gasteiger partial charge < -0.3 is 10.0 Å². The molecule has 1 saturated heterocycles. The van der Waals surface area contributed by atoms with Crippen LogP contribution in [0.1, 0.15) is 58.3 Å². The number of carboxylic acid groups (broad SMARTS) is 1. The molecule has 0 aromatic heterocycles. The highest BCUT2D eigenvalue weighted by atomic mass is 16.4. The summed E-state index contributed by atoms with van der Waals surface area (Å²) in [6.07, 6.45) is 8.71. The number of unbranched alkanes of at least 4 members (excludes halogenated alkanes) is 2. The number of likely N-dealkylation sites (tertiary alicyclic amines) is 1. The van der Waals surface area contributed by atoms with Crippen LogP contribution in [-0.2, 0) is 4.79 Å². The van der Waals surface area contributed by atoms with Gasteiger partial charge in [0.25, 0.3) is 0 Å². The van der Waals surface area contributed by atoms with Crippen molar-refractivity contribution in [2.24, 2.45) is 0 Å². The van der Waals surface area contributed by atoms with Crippen molar-refractivity contribution < 1.29 is 9.90 Å². The first-order valence-corrected chi connectivity index (χ1v) is 6.70. The van der Waals surface area contributed by atoms with E-state index in [-0.39, 0.29) is 0 Å². The van der Waals surface area contributed by atoms with Gasteiger partial charge in [0, 0.05) is 12.5 Å². The molecule has 0 radical (unpaired) electrons. The Morgan fingerprint density at radius 1 is 1.31 bits per heavy atom. The Labute approximate surface area is 98.8 Å². The van der Waals surface area contributed by atoms with Gasteiger partial charge in [-0.15, -0.1) is 0 Å². The lowest BCUT2D eigenvalue weighted by Gasteiger charge is -2.35. The molecule has 1 heterocycles. The maximum Gasteiger partial charge on any atom is 0.303 e. The number of hydrogen-bond donors (Lipinski definition) is 1. The molecule has 1 fully saturated rings. The fourth-order valence-electron chi connectivity index (χ4n) is 2.58. The molecule has 0 aromatic carbocycles. The Bertz CT molecular complexity index is 206. The van der Waals surface area contributed by atoms with Crippen LogP contribution >= 0.6 is 0 Å². The van der Waals surface area contributed by atoms with Gasteiger partial charge >= 0.3 is 5.97 Å². The summed E-state index contributed by atoms with van der Waals surface area (Å²) in [6, 6.07) is 0.785. The fourth-order valence-corrected chi connectivity index (χ4v) is 2.58. The van der Waals surface area contributed by atoms with Crippen LogP contribution in [0, 0.1) is 0 Å². The molecule has 0 aromatic rings. The molecule has 1 aliphatic heterocycles. The molecule has 1 aliphatic rings. The van der Waals surface area contributed by atoms with Gasteiger partial charge in [-0.1, -0.05) is 19.8 Å². The number of nitrogens with zero attached hydrogens (tertiary/aromatic N) is 1. The van der Waals surface area contributed by atoms with Crippen LogP contribution < -0.4 is 0 Å². The van der Waals surface area contributed by atoms with E-state index in [0.717, 1.165) is 31.8 Å². The molecule has 1 unspecified atom stereocenters. The molecule has 3 heteroatoms. The fraction of sp³-hybridized carbons (Fsp3) is 0.923. The molecular formula is C13H25NO2. The number of hydrogen-bond acceptors (Lipinski definition) is 2. The predicted octanol–water partition coefficient (Wildman–Crippen LogP) is 2.90. The molecule has 94 valence electrons. The quantitative estimate of drug-likeness (QED) is 0.680. The Hall–Kier alpha value is -0.570. The summed E-state index contributed by atoms with van der Waals surface area (Å²) in [5.74, 6) is -0.663. The van der Waals surface area contributed by atoms with Gasteiger partial charge in [-0.2, -0.15) is 0 Å². The monoisotopic (exact) mass is 227 g/mol. The van der Waals surface area contributed by atoms with E-state index in [2.05, 4.69) is 11.8 Å². The maximum absolute atomic E-state index is 10.4. The SMILES string of the molecule is CCC1CCCCN1CCCCCC(=O)O. The molecule has 3 nitrogen and oxygen atoms in total. The summed E-state index contributed by atoms with van der Waals surface area (Å²) in [4.78, 5) is 13.0. The lowest BCUT2D eigenvalue weighted by molar-refractivity contribution is -0.137. The van der Waals surface area contributed by atoms with E-state index in [1.54, 1.807) is 0 Å². The molecule has 0 bridgehead atoms. The first-order valence-electron chi connectivity index (χ1n) is 6.70. The molecule has 1 atom stereocenters. The minimum absolute atomic E-state index is 0.331. The van der Waals surface area contributed by atoms with E-state index >= 15 is 0 Å². The molecule has 1 rings (SSSR count). The number of carboxylic acids is 1. The Morgan fingerprint density at radius 3 is 2.81 bits per heavy atom. The van der Waals surface area contributed by atoms with E-state index in [1.807, 2.05) is 0 Å². The highest BCUT2D eigenvalue weighted by Gasteiger charge is 2.19. The smallest absolute Gasteiger partial charge is 0.303 e. The largest absolute Gasteiger partial charge is 0.481 e. The van der Waals surface area contributed by atoms with Gasteiger partial charge in [0.1, 0.15) is 0 Å². The summed E-state index contributed by atoms with van der Waals surface area (Å²) < 4.78 is 0. The van der Waals surface area contributed by atoms with Crippen molar-refractivity contribution in [2.45, 2.75) is 64.3 Å².